The number of ether oxygens (including phenoxy) is 2. The Hall–Kier alpha value is -3.08. The Labute approximate surface area is 132 Å². The van der Waals surface area contributed by atoms with Crippen LogP contribution >= 0.6 is 0 Å². The van der Waals surface area contributed by atoms with Crippen molar-refractivity contribution in [3.8, 4) is 11.5 Å². The molecule has 0 saturated carbocycles. The summed E-state index contributed by atoms with van der Waals surface area (Å²) in [5, 5.41) is 1.21. The van der Waals surface area contributed by atoms with Crippen LogP contribution in [-0.2, 0) is 0 Å². The highest BCUT2D eigenvalue weighted by Gasteiger charge is 2.09. The molecule has 5 heteroatoms. The largest absolute Gasteiger partial charge is 0.497 e. The highest BCUT2D eigenvalue weighted by Crippen LogP contribution is 2.23. The summed E-state index contributed by atoms with van der Waals surface area (Å²) in [5.41, 5.74) is 0.360. The van der Waals surface area contributed by atoms with Crippen LogP contribution in [0, 0.1) is 0 Å². The molecule has 3 aromatic rings. The first-order valence-electron chi connectivity index (χ1n) is 7.09. The van der Waals surface area contributed by atoms with Gasteiger partial charge in [0, 0.05) is 17.1 Å². The third-order valence-corrected chi connectivity index (χ3v) is 3.55. The summed E-state index contributed by atoms with van der Waals surface area (Å²) >= 11 is 0. The van der Waals surface area contributed by atoms with Crippen molar-refractivity contribution in [1.29, 1.82) is 0 Å². The fourth-order valence-electron chi connectivity index (χ4n) is 2.32. The second-order valence-corrected chi connectivity index (χ2v) is 4.96. The quantitative estimate of drug-likeness (QED) is 0.736. The molecule has 0 aliphatic carbocycles. The van der Waals surface area contributed by atoms with Gasteiger partial charge in [-0.2, -0.15) is 0 Å². The average molecular weight is 309 g/mol. The Morgan fingerprint density at radius 2 is 1.83 bits per heavy atom. The summed E-state index contributed by atoms with van der Waals surface area (Å²) < 4.78 is 10.7. The smallest absolute Gasteiger partial charge is 0.255 e. The minimum absolute atomic E-state index is 0.0990. The molecule has 23 heavy (non-hydrogen) atoms. The number of fused-ring (bicyclic) bond motifs is 1. The number of methoxy groups -OCH3 is 1. The maximum Gasteiger partial charge on any atom is 0.255 e. The van der Waals surface area contributed by atoms with E-state index in [1.54, 1.807) is 61.8 Å². The van der Waals surface area contributed by atoms with E-state index in [0.29, 0.717) is 27.8 Å². The molecule has 1 heterocycles. The number of carbonyl (C=O) groups excluding carboxylic acids is 1. The first-order valence-corrected chi connectivity index (χ1v) is 7.09. The van der Waals surface area contributed by atoms with Gasteiger partial charge in [-0.3, -0.25) is 9.59 Å². The standard InChI is InChI=1S/C18H15NO4/c1-22-13-7-5-12(6-8-13)16(20)11-23-17-4-2-3-15-14(17)9-10-19-18(15)21/h2-10H,11H2,1H3,(H,19,21). The lowest BCUT2D eigenvalue weighted by molar-refractivity contribution is 0.0922. The fraction of sp³-hybridized carbons (Fsp3) is 0.111. The van der Waals surface area contributed by atoms with Crippen LogP contribution in [0.15, 0.2) is 59.5 Å². The third-order valence-electron chi connectivity index (χ3n) is 3.55. The molecule has 3 rings (SSSR count). The van der Waals surface area contributed by atoms with Gasteiger partial charge in [0.05, 0.1) is 12.5 Å². The Morgan fingerprint density at radius 1 is 1.04 bits per heavy atom. The zero-order valence-electron chi connectivity index (χ0n) is 12.5. The molecule has 0 bridgehead atoms. The normalized spacial score (nSPS) is 10.5. The van der Waals surface area contributed by atoms with Crippen LogP contribution in [0.5, 0.6) is 11.5 Å². The number of ketones is 1. The number of H-pyrrole nitrogens is 1. The van der Waals surface area contributed by atoms with Gasteiger partial charge in [0.15, 0.2) is 12.4 Å². The molecule has 0 aliphatic rings. The minimum Gasteiger partial charge on any atom is -0.497 e. The topological polar surface area (TPSA) is 68.4 Å². The van der Waals surface area contributed by atoms with Gasteiger partial charge in [-0.05, 0) is 42.5 Å². The van der Waals surface area contributed by atoms with E-state index in [1.807, 2.05) is 0 Å². The molecular weight excluding hydrogens is 294 g/mol. The number of nitrogens with one attached hydrogen (secondary N) is 1. The summed E-state index contributed by atoms with van der Waals surface area (Å²) in [4.78, 5) is 26.6. The van der Waals surface area contributed by atoms with Crippen LogP contribution in [-0.4, -0.2) is 24.5 Å². The van der Waals surface area contributed by atoms with Gasteiger partial charge in [-0.15, -0.1) is 0 Å². The molecule has 0 amide bonds. The summed E-state index contributed by atoms with van der Waals surface area (Å²) in [6.07, 6.45) is 1.56. The van der Waals surface area contributed by atoms with Gasteiger partial charge in [-0.1, -0.05) is 6.07 Å². The van der Waals surface area contributed by atoms with Crippen LogP contribution < -0.4 is 15.0 Å². The molecule has 1 aromatic heterocycles. The maximum atomic E-state index is 12.2. The molecular formula is C18H15NO4. The minimum atomic E-state index is -0.186. The third kappa shape index (κ3) is 3.08. The monoisotopic (exact) mass is 309 g/mol. The number of hydrogen-bond acceptors (Lipinski definition) is 4. The molecule has 0 unspecified atom stereocenters. The van der Waals surface area contributed by atoms with E-state index in [0.717, 1.165) is 0 Å². The lowest BCUT2D eigenvalue weighted by atomic mass is 10.1. The molecule has 116 valence electrons. The Balaban J connectivity index is 1.79. The van der Waals surface area contributed by atoms with Gasteiger partial charge in [0.25, 0.3) is 5.56 Å². The Morgan fingerprint density at radius 3 is 2.57 bits per heavy atom. The lowest BCUT2D eigenvalue weighted by Crippen LogP contribution is -2.12. The van der Waals surface area contributed by atoms with Crippen LogP contribution in [0.2, 0.25) is 0 Å². The van der Waals surface area contributed by atoms with E-state index in [-0.39, 0.29) is 17.9 Å². The van der Waals surface area contributed by atoms with Crippen molar-refractivity contribution in [1.82, 2.24) is 4.98 Å². The number of benzene rings is 2. The van der Waals surface area contributed by atoms with E-state index in [2.05, 4.69) is 4.98 Å². The SMILES string of the molecule is COc1ccc(C(=O)COc2cccc3c(=O)[nH]ccc23)cc1. The number of aromatic amines is 1. The van der Waals surface area contributed by atoms with Crippen molar-refractivity contribution < 1.29 is 14.3 Å². The Bertz CT molecular complexity index is 897. The van der Waals surface area contributed by atoms with Gasteiger partial charge in [0.1, 0.15) is 11.5 Å². The number of pyridine rings is 1. The molecule has 0 spiro atoms. The Kier molecular flexibility index (Phi) is 4.10. The predicted octanol–water partition coefficient (Wildman–Crippen LogP) is 2.80. The van der Waals surface area contributed by atoms with E-state index >= 15 is 0 Å². The van der Waals surface area contributed by atoms with Gasteiger partial charge < -0.3 is 14.5 Å². The van der Waals surface area contributed by atoms with Crippen molar-refractivity contribution >= 4 is 16.6 Å². The van der Waals surface area contributed by atoms with Crippen molar-refractivity contribution in [2.45, 2.75) is 0 Å². The molecule has 0 aliphatic heterocycles. The highest BCUT2D eigenvalue weighted by atomic mass is 16.5. The number of Topliss-reactive ketones (excluding diaryl/α,β-unsaturated/α-hetero) is 1. The number of rotatable bonds is 5. The number of hydrogen-bond donors (Lipinski definition) is 1. The van der Waals surface area contributed by atoms with Crippen molar-refractivity contribution in [2.24, 2.45) is 0 Å². The predicted molar refractivity (Wildman–Crippen MR) is 87.4 cm³/mol. The first-order chi connectivity index (χ1) is 11.2. The lowest BCUT2D eigenvalue weighted by Gasteiger charge is -2.08. The van der Waals surface area contributed by atoms with Crippen LogP contribution in [0.3, 0.4) is 0 Å². The molecule has 0 atom stereocenters. The van der Waals surface area contributed by atoms with Gasteiger partial charge in [0.2, 0.25) is 0 Å². The summed E-state index contributed by atoms with van der Waals surface area (Å²) in [7, 11) is 1.57. The van der Waals surface area contributed by atoms with Crippen molar-refractivity contribution in [3.05, 3.63) is 70.6 Å². The van der Waals surface area contributed by atoms with Crippen LogP contribution in [0.1, 0.15) is 10.4 Å². The summed E-state index contributed by atoms with van der Waals surface area (Å²) in [6.45, 7) is -0.0990. The molecule has 1 N–H and O–H groups in total. The average Bonchev–Trinajstić information content (AvgIpc) is 2.60. The fourth-order valence-corrected chi connectivity index (χ4v) is 2.32. The summed E-state index contributed by atoms with van der Waals surface area (Å²) in [5.74, 6) is 1.06. The van der Waals surface area contributed by atoms with Crippen molar-refractivity contribution in [3.63, 3.8) is 0 Å². The first kappa shape index (κ1) is 14.8. The van der Waals surface area contributed by atoms with Crippen LogP contribution in [0.4, 0.5) is 0 Å². The zero-order chi connectivity index (χ0) is 16.2. The molecule has 2 aromatic carbocycles. The van der Waals surface area contributed by atoms with Crippen LogP contribution in [0.25, 0.3) is 10.8 Å². The van der Waals surface area contributed by atoms with E-state index in [9.17, 15) is 9.59 Å². The van der Waals surface area contributed by atoms with Gasteiger partial charge >= 0.3 is 0 Å². The molecule has 0 saturated heterocycles. The van der Waals surface area contributed by atoms with Gasteiger partial charge in [-0.25, -0.2) is 0 Å². The zero-order valence-corrected chi connectivity index (χ0v) is 12.5. The molecule has 0 fully saturated rings. The molecule has 0 radical (unpaired) electrons. The number of carbonyl (C=O) groups is 1. The van der Waals surface area contributed by atoms with E-state index in [4.69, 9.17) is 9.47 Å². The second kappa shape index (κ2) is 6.36. The number of aromatic nitrogens is 1. The van der Waals surface area contributed by atoms with Crippen molar-refractivity contribution in [2.75, 3.05) is 13.7 Å². The maximum absolute atomic E-state index is 12.2. The molecule has 5 nitrogen and oxygen atoms in total. The summed E-state index contributed by atoms with van der Waals surface area (Å²) in [6, 6.07) is 13.8. The second-order valence-electron chi connectivity index (χ2n) is 4.96. The van der Waals surface area contributed by atoms with E-state index < -0.39 is 0 Å². The highest BCUT2D eigenvalue weighted by molar-refractivity contribution is 5.97. The van der Waals surface area contributed by atoms with E-state index in [1.165, 1.54) is 0 Å².